The summed E-state index contributed by atoms with van der Waals surface area (Å²) in [7, 11) is 0. The van der Waals surface area contributed by atoms with Gasteiger partial charge in [0.25, 0.3) is 0 Å². The van der Waals surface area contributed by atoms with Crippen LogP contribution in [-0.2, 0) is 124 Å². The third-order valence-electron chi connectivity index (χ3n) is 21.5. The Morgan fingerprint density at radius 3 is 0.942 bits per heavy atom. The van der Waals surface area contributed by atoms with Gasteiger partial charge in [-0.3, -0.25) is 67.1 Å². The molecule has 4 rings (SSSR count). The first-order chi connectivity index (χ1) is 56.8. The normalized spacial score (nSPS) is 23.2. The molecule has 32 nitrogen and oxygen atoms in total. The monoisotopic (exact) mass is 1720 g/mol. The van der Waals surface area contributed by atoms with Gasteiger partial charge in [-0.05, 0) is 95.3 Å². The van der Waals surface area contributed by atoms with E-state index in [1.807, 2.05) is 41.5 Å². The molecule has 3 aliphatic heterocycles. The van der Waals surface area contributed by atoms with Crippen LogP contribution in [0.5, 0.6) is 5.75 Å². The molecule has 5 amide bonds. The first-order valence-electron chi connectivity index (χ1n) is 41.7. The second-order valence-electron chi connectivity index (χ2n) is 31.3. The molecular weight excluding hydrogens is 1590 g/mol. The van der Waals surface area contributed by atoms with Crippen molar-refractivity contribution in [3.05, 3.63) is 29.1 Å². The van der Waals surface area contributed by atoms with Gasteiger partial charge in [-0.1, -0.05) is 41.5 Å². The molecule has 680 valence electrons. The molecule has 3 saturated heterocycles. The molecule has 3 fully saturated rings. The van der Waals surface area contributed by atoms with Crippen LogP contribution in [-0.4, -0.2) is 211 Å². The highest BCUT2D eigenvalue weighted by molar-refractivity contribution is 5.82. The van der Waals surface area contributed by atoms with Crippen LogP contribution in [0.3, 0.4) is 0 Å². The zero-order valence-electron chi connectivity index (χ0n) is 71.3. The van der Waals surface area contributed by atoms with Gasteiger partial charge in [0.05, 0.1) is 0 Å². The van der Waals surface area contributed by atoms with E-state index in [1.165, 1.54) is 41.5 Å². The molecule has 0 saturated carbocycles. The predicted octanol–water partition coefficient (Wildman–Crippen LogP) is 8.88. The summed E-state index contributed by atoms with van der Waals surface area (Å²) in [5.41, 5.74) is -1.29. The van der Waals surface area contributed by atoms with E-state index in [9.17, 15) is 89.1 Å². The summed E-state index contributed by atoms with van der Waals surface area (Å²) < 4.78 is 144. The van der Waals surface area contributed by atoms with Crippen LogP contribution in [0.25, 0.3) is 0 Å². The maximum absolute atomic E-state index is 14.5. The summed E-state index contributed by atoms with van der Waals surface area (Å²) in [6, 6.07) is 0. The number of ketones is 2. The number of Topliss-reactive ketones (excluding diaryl/α,β-unsaturated/α-hetero) is 2. The number of benzene rings is 1. The molecule has 120 heavy (non-hydrogen) atoms. The molecule has 15 atom stereocenters. The number of halogens is 5. The first kappa shape index (κ1) is 104. The van der Waals surface area contributed by atoms with E-state index in [-0.39, 0.29) is 203 Å². The van der Waals surface area contributed by atoms with Gasteiger partial charge in [-0.25, -0.2) is 13.2 Å². The van der Waals surface area contributed by atoms with Crippen LogP contribution in [0.4, 0.5) is 22.0 Å². The van der Waals surface area contributed by atoms with Crippen LogP contribution in [0, 0.1) is 70.0 Å². The van der Waals surface area contributed by atoms with Crippen molar-refractivity contribution in [1.82, 2.24) is 26.6 Å². The van der Waals surface area contributed by atoms with E-state index in [1.54, 1.807) is 0 Å². The minimum absolute atomic E-state index is 0.0183. The van der Waals surface area contributed by atoms with Crippen molar-refractivity contribution in [2.45, 2.75) is 293 Å². The fourth-order valence-corrected chi connectivity index (χ4v) is 14.2. The highest BCUT2D eigenvalue weighted by atomic mass is 19.2. The SMILES string of the molecule is CC(=O)OCC1OC(OCCCCC(=O)CCCCNC(=O)CCC(CCC(=O)NCCCNC(=O)CCCCOC2OC(COC(C)=O)C(OC(C)=O)C(C)C2C)(CCC(=O)NCCCNC(=O)CCCCOC2OC(COC(C)=O)C(OC(C)=O)C(C)C2C)CC(=O)CCCC(=O)Oc2c(F)c(F)c(F)c(F)c2F)C(C)C(C)C1OC(C)=O. The van der Waals surface area contributed by atoms with Crippen molar-refractivity contribution in [2.24, 2.45) is 40.9 Å². The fraction of sp³-hybridized carbons (Fsp3) is 0.759. The molecule has 0 aromatic heterocycles. The Balaban J connectivity index is 1.38. The zero-order chi connectivity index (χ0) is 89.2. The summed E-state index contributed by atoms with van der Waals surface area (Å²) in [6.45, 7) is 19.8. The summed E-state index contributed by atoms with van der Waals surface area (Å²) >= 11 is 0. The maximum Gasteiger partial charge on any atom is 0.311 e. The lowest BCUT2D eigenvalue weighted by atomic mass is 9.71. The zero-order valence-corrected chi connectivity index (χ0v) is 71.3. The second kappa shape index (κ2) is 54.9. The van der Waals surface area contributed by atoms with Crippen molar-refractivity contribution in [1.29, 1.82) is 0 Å². The number of carbonyl (C=O) groups is 14. The lowest BCUT2D eigenvalue weighted by Gasteiger charge is -2.43. The lowest BCUT2D eigenvalue weighted by molar-refractivity contribution is -0.273. The van der Waals surface area contributed by atoms with Gasteiger partial charge in [-0.15, -0.1) is 0 Å². The van der Waals surface area contributed by atoms with Gasteiger partial charge >= 0.3 is 41.8 Å². The van der Waals surface area contributed by atoms with Crippen LogP contribution >= 0.6 is 0 Å². The molecule has 37 heteroatoms. The van der Waals surface area contributed by atoms with Crippen molar-refractivity contribution >= 4 is 82.9 Å². The quantitative estimate of drug-likeness (QED) is 0.00772. The number of hydrogen-bond donors (Lipinski definition) is 5. The minimum Gasteiger partial charge on any atom is -0.463 e. The number of hydrogen-bond acceptors (Lipinski definition) is 27. The molecule has 1 aromatic rings. The first-order valence-corrected chi connectivity index (χ1v) is 41.7. The number of esters is 7. The van der Waals surface area contributed by atoms with Crippen molar-refractivity contribution < 1.29 is 151 Å². The third kappa shape index (κ3) is 38.4. The third-order valence-corrected chi connectivity index (χ3v) is 21.5. The molecule has 0 bridgehead atoms. The van der Waals surface area contributed by atoms with Crippen LogP contribution in [0.2, 0.25) is 0 Å². The molecule has 0 spiro atoms. The Hall–Kier alpha value is -8.39. The topological polar surface area (TPSA) is 419 Å². The minimum atomic E-state index is -2.48. The Bertz CT molecular complexity index is 3220. The molecule has 0 radical (unpaired) electrons. The van der Waals surface area contributed by atoms with E-state index >= 15 is 0 Å². The van der Waals surface area contributed by atoms with Gasteiger partial charge in [0.2, 0.25) is 64.4 Å². The Morgan fingerprint density at radius 1 is 0.325 bits per heavy atom. The van der Waals surface area contributed by atoms with E-state index in [0.29, 0.717) is 64.2 Å². The Labute approximate surface area is 698 Å². The molecule has 1 aromatic carbocycles. The standard InChI is InChI=1S/C83H126F5N5O27/c1-48-51(4)80(117-62(45-111-54(7)94)76(48)114-57(10)97)108-41-18-14-25-60(100)24-13-17-36-89-67(104)30-33-83(44-61(101)26-21-29-70(107)120-79-74(87)72(85)71(84)73(86)75(79)88,34-31-68(105)92-39-22-37-90-65(102)27-15-19-42-109-81-52(5)49(2)77(115-58(11)98)63(118-81)46-112-55(8)95)35-32-69(106)93-40-23-38-91-66(103)28-16-20-43-110-82-53(6)50(3)78(116-59(12)99)64(119-82)47-113-56(9)96/h48-53,62-64,76-78,80-82H,13-47H2,1-12H3,(H,89,104)(H,90,102)(H,91,103)(H,92,105)(H,93,106). The Kier molecular flexibility index (Phi) is 47.5. The lowest BCUT2D eigenvalue weighted by Crippen LogP contribution is -2.53. The van der Waals surface area contributed by atoms with Crippen molar-refractivity contribution in [3.8, 4) is 5.75 Å². The average molecular weight is 1720 g/mol. The fourth-order valence-electron chi connectivity index (χ4n) is 14.2. The van der Waals surface area contributed by atoms with Gasteiger partial charge in [0.1, 0.15) is 68.0 Å². The van der Waals surface area contributed by atoms with Crippen molar-refractivity contribution in [2.75, 3.05) is 72.4 Å². The smallest absolute Gasteiger partial charge is 0.311 e. The predicted molar refractivity (Wildman–Crippen MR) is 416 cm³/mol. The molecule has 5 N–H and O–H groups in total. The number of carbonyl (C=O) groups excluding carboxylic acids is 14. The highest BCUT2D eigenvalue weighted by Gasteiger charge is 2.48. The Morgan fingerprint density at radius 2 is 0.617 bits per heavy atom. The van der Waals surface area contributed by atoms with Crippen molar-refractivity contribution in [3.63, 3.8) is 0 Å². The molecule has 3 heterocycles. The molecule has 0 aliphatic carbocycles. The van der Waals surface area contributed by atoms with E-state index in [2.05, 4.69) is 31.3 Å². The summed E-state index contributed by atoms with van der Waals surface area (Å²) in [4.78, 5) is 177. The summed E-state index contributed by atoms with van der Waals surface area (Å²) in [5, 5.41) is 14.1. The van der Waals surface area contributed by atoms with Crippen LogP contribution in [0.15, 0.2) is 0 Å². The average Bonchev–Trinajstić information content (AvgIpc) is 0.833. The molecule has 3 aliphatic rings. The van der Waals surface area contributed by atoms with Gasteiger partial charge in [0.15, 0.2) is 18.9 Å². The number of amides is 5. The van der Waals surface area contributed by atoms with E-state index < -0.39 is 174 Å². The largest absolute Gasteiger partial charge is 0.463 e. The van der Waals surface area contributed by atoms with Gasteiger partial charge in [0, 0.05) is 194 Å². The van der Waals surface area contributed by atoms with Gasteiger partial charge in [-0.2, -0.15) is 8.78 Å². The number of nitrogens with one attached hydrogen (secondary N) is 5. The molecular formula is C83H126F5N5O27. The van der Waals surface area contributed by atoms with E-state index in [4.69, 9.17) is 56.8 Å². The highest BCUT2D eigenvalue weighted by Crippen LogP contribution is 2.41. The van der Waals surface area contributed by atoms with Gasteiger partial charge < -0.3 is 88.2 Å². The number of ether oxygens (including phenoxy) is 13. The van der Waals surface area contributed by atoms with Crippen LogP contribution < -0.4 is 31.3 Å². The summed E-state index contributed by atoms with van der Waals surface area (Å²) in [5.74, 6) is -22.2. The molecule has 15 unspecified atom stereocenters. The maximum atomic E-state index is 14.5. The van der Waals surface area contributed by atoms with E-state index in [0.717, 1.165) is 0 Å². The number of rotatable bonds is 56. The summed E-state index contributed by atoms with van der Waals surface area (Å²) in [6.07, 6.45) is -4.26. The second-order valence-corrected chi connectivity index (χ2v) is 31.3. The number of unbranched alkanes of at least 4 members (excludes halogenated alkanes) is 4. The van der Waals surface area contributed by atoms with Crippen LogP contribution in [0.1, 0.15) is 237 Å².